The van der Waals surface area contributed by atoms with Crippen LogP contribution in [0.2, 0.25) is 5.02 Å². The summed E-state index contributed by atoms with van der Waals surface area (Å²) in [5, 5.41) is 1.71. The van der Waals surface area contributed by atoms with E-state index in [9.17, 15) is 4.39 Å². The standard InChI is InChI=1S/C16H13BrClFN2/c17-12-2-1-10(15(19)5-12)8-21-9-11(7-20)14-4-3-13(18)6-16(14)21/h1-6,9H,7-8,20H2. The van der Waals surface area contributed by atoms with Gasteiger partial charge in [0.15, 0.2) is 0 Å². The van der Waals surface area contributed by atoms with Crippen LogP contribution in [0.3, 0.4) is 0 Å². The molecule has 0 spiro atoms. The summed E-state index contributed by atoms with van der Waals surface area (Å²) in [6.45, 7) is 0.879. The molecule has 0 fully saturated rings. The molecule has 0 saturated heterocycles. The Kier molecular flexibility index (Phi) is 4.02. The summed E-state index contributed by atoms with van der Waals surface area (Å²) in [7, 11) is 0. The first-order chi connectivity index (χ1) is 10.1. The van der Waals surface area contributed by atoms with Gasteiger partial charge in [-0.05, 0) is 29.8 Å². The number of nitrogens with zero attached hydrogens (tertiary/aromatic N) is 1. The molecule has 0 unspecified atom stereocenters. The highest BCUT2D eigenvalue weighted by atomic mass is 79.9. The lowest BCUT2D eigenvalue weighted by molar-refractivity contribution is 0.601. The average molecular weight is 368 g/mol. The van der Waals surface area contributed by atoms with Gasteiger partial charge in [0.1, 0.15) is 5.82 Å². The normalized spacial score (nSPS) is 11.2. The van der Waals surface area contributed by atoms with Crippen molar-refractivity contribution in [3.8, 4) is 0 Å². The fourth-order valence-electron chi connectivity index (χ4n) is 2.47. The highest BCUT2D eigenvalue weighted by molar-refractivity contribution is 9.10. The molecule has 0 amide bonds. The van der Waals surface area contributed by atoms with Crippen LogP contribution in [0.4, 0.5) is 4.39 Å². The summed E-state index contributed by atoms with van der Waals surface area (Å²) in [5.41, 5.74) is 8.40. The van der Waals surface area contributed by atoms with Gasteiger partial charge in [0.2, 0.25) is 0 Å². The Morgan fingerprint density at radius 3 is 2.67 bits per heavy atom. The molecule has 0 bridgehead atoms. The lowest BCUT2D eigenvalue weighted by Gasteiger charge is -2.07. The molecule has 2 aromatic carbocycles. The molecule has 0 saturated carbocycles. The fraction of sp³-hybridized carbons (Fsp3) is 0.125. The van der Waals surface area contributed by atoms with Gasteiger partial charge in [-0.3, -0.25) is 0 Å². The lowest BCUT2D eigenvalue weighted by atomic mass is 10.2. The monoisotopic (exact) mass is 366 g/mol. The summed E-state index contributed by atoms with van der Waals surface area (Å²) in [5.74, 6) is -0.234. The molecule has 1 heterocycles. The Bertz CT molecular complexity index is 813. The molecule has 2 N–H and O–H groups in total. The third kappa shape index (κ3) is 2.84. The molecular formula is C16H13BrClFN2. The zero-order chi connectivity index (χ0) is 15.0. The van der Waals surface area contributed by atoms with Crippen LogP contribution < -0.4 is 5.73 Å². The predicted molar refractivity (Wildman–Crippen MR) is 88.0 cm³/mol. The van der Waals surface area contributed by atoms with Crippen LogP contribution in [0, 0.1) is 5.82 Å². The van der Waals surface area contributed by atoms with Crippen LogP contribution in [-0.2, 0) is 13.1 Å². The molecule has 1 aromatic heterocycles. The molecule has 0 atom stereocenters. The van der Waals surface area contributed by atoms with Gasteiger partial charge in [0, 0.05) is 33.2 Å². The Morgan fingerprint density at radius 1 is 1.14 bits per heavy atom. The molecule has 5 heteroatoms. The number of benzene rings is 2. The Labute approximate surface area is 135 Å². The minimum absolute atomic E-state index is 0.234. The maximum Gasteiger partial charge on any atom is 0.129 e. The minimum Gasteiger partial charge on any atom is -0.343 e. The first-order valence-electron chi connectivity index (χ1n) is 6.50. The van der Waals surface area contributed by atoms with Crippen LogP contribution in [0.5, 0.6) is 0 Å². The van der Waals surface area contributed by atoms with Gasteiger partial charge >= 0.3 is 0 Å². The predicted octanol–water partition coefficient (Wildman–Crippen LogP) is 4.70. The molecule has 21 heavy (non-hydrogen) atoms. The molecule has 3 aromatic rings. The van der Waals surface area contributed by atoms with Gasteiger partial charge in [-0.2, -0.15) is 0 Å². The van der Waals surface area contributed by atoms with Crippen LogP contribution in [0.25, 0.3) is 10.9 Å². The molecule has 108 valence electrons. The zero-order valence-corrected chi connectivity index (χ0v) is 13.5. The van der Waals surface area contributed by atoms with Crippen molar-refractivity contribution in [2.45, 2.75) is 13.1 Å². The summed E-state index contributed by atoms with van der Waals surface area (Å²) < 4.78 is 16.7. The third-order valence-electron chi connectivity index (χ3n) is 3.50. The van der Waals surface area contributed by atoms with Crippen LogP contribution >= 0.6 is 27.5 Å². The van der Waals surface area contributed by atoms with Gasteiger partial charge in [-0.1, -0.05) is 39.7 Å². The lowest BCUT2D eigenvalue weighted by Crippen LogP contribution is -2.01. The smallest absolute Gasteiger partial charge is 0.129 e. The highest BCUT2D eigenvalue weighted by Gasteiger charge is 2.10. The Morgan fingerprint density at radius 2 is 1.95 bits per heavy atom. The second-order valence-corrected chi connectivity index (χ2v) is 6.24. The first kappa shape index (κ1) is 14.6. The number of nitrogens with two attached hydrogens (primary N) is 1. The maximum atomic E-state index is 14.0. The van der Waals surface area contributed by atoms with E-state index in [1.807, 2.05) is 35.0 Å². The van der Waals surface area contributed by atoms with E-state index in [4.69, 9.17) is 17.3 Å². The van der Waals surface area contributed by atoms with Gasteiger partial charge in [-0.25, -0.2) is 4.39 Å². The van der Waals surface area contributed by atoms with Crippen LogP contribution in [0.15, 0.2) is 47.1 Å². The first-order valence-corrected chi connectivity index (χ1v) is 7.67. The molecule has 2 nitrogen and oxygen atoms in total. The van der Waals surface area contributed by atoms with Crippen molar-refractivity contribution in [2.75, 3.05) is 0 Å². The second kappa shape index (κ2) is 5.79. The van der Waals surface area contributed by atoms with Crippen molar-refractivity contribution in [1.29, 1.82) is 0 Å². The van der Waals surface area contributed by atoms with Crippen molar-refractivity contribution in [1.82, 2.24) is 4.57 Å². The topological polar surface area (TPSA) is 30.9 Å². The van der Waals surface area contributed by atoms with Crippen molar-refractivity contribution in [2.24, 2.45) is 5.73 Å². The quantitative estimate of drug-likeness (QED) is 0.714. The number of hydrogen-bond donors (Lipinski definition) is 1. The summed E-state index contributed by atoms with van der Waals surface area (Å²) in [4.78, 5) is 0. The minimum atomic E-state index is -0.234. The van der Waals surface area contributed by atoms with E-state index in [2.05, 4.69) is 15.9 Å². The summed E-state index contributed by atoms with van der Waals surface area (Å²) in [6, 6.07) is 10.8. The van der Waals surface area contributed by atoms with Gasteiger partial charge in [-0.15, -0.1) is 0 Å². The number of aromatic nitrogens is 1. The third-order valence-corrected chi connectivity index (χ3v) is 4.23. The fourth-order valence-corrected chi connectivity index (χ4v) is 2.97. The number of hydrogen-bond acceptors (Lipinski definition) is 1. The van der Waals surface area contributed by atoms with E-state index in [0.717, 1.165) is 20.9 Å². The van der Waals surface area contributed by atoms with E-state index < -0.39 is 0 Å². The van der Waals surface area contributed by atoms with Gasteiger partial charge in [0.05, 0.1) is 12.1 Å². The van der Waals surface area contributed by atoms with E-state index >= 15 is 0 Å². The SMILES string of the molecule is NCc1cn(Cc2ccc(Br)cc2F)c2cc(Cl)ccc12. The second-order valence-electron chi connectivity index (χ2n) is 4.88. The van der Waals surface area contributed by atoms with E-state index in [0.29, 0.717) is 23.7 Å². The van der Waals surface area contributed by atoms with E-state index in [1.54, 1.807) is 6.07 Å². The van der Waals surface area contributed by atoms with E-state index in [1.165, 1.54) is 6.07 Å². The molecule has 0 aliphatic carbocycles. The molecule has 0 aliphatic heterocycles. The van der Waals surface area contributed by atoms with E-state index in [-0.39, 0.29) is 5.82 Å². The highest BCUT2D eigenvalue weighted by Crippen LogP contribution is 2.26. The summed E-state index contributed by atoms with van der Waals surface area (Å²) >= 11 is 9.34. The average Bonchev–Trinajstić information content (AvgIpc) is 2.79. The summed E-state index contributed by atoms with van der Waals surface area (Å²) in [6.07, 6.45) is 1.96. The number of rotatable bonds is 3. The number of halogens is 3. The van der Waals surface area contributed by atoms with Gasteiger partial charge in [0.25, 0.3) is 0 Å². The Hall–Kier alpha value is -1.36. The molecular weight excluding hydrogens is 355 g/mol. The largest absolute Gasteiger partial charge is 0.343 e. The number of fused-ring (bicyclic) bond motifs is 1. The molecule has 0 radical (unpaired) electrons. The van der Waals surface area contributed by atoms with Crippen molar-refractivity contribution >= 4 is 38.4 Å². The maximum absolute atomic E-state index is 14.0. The van der Waals surface area contributed by atoms with Gasteiger partial charge < -0.3 is 10.3 Å². The molecule has 3 rings (SSSR count). The molecule has 0 aliphatic rings. The van der Waals surface area contributed by atoms with Crippen molar-refractivity contribution < 1.29 is 4.39 Å². The van der Waals surface area contributed by atoms with Crippen molar-refractivity contribution in [3.63, 3.8) is 0 Å². The zero-order valence-electron chi connectivity index (χ0n) is 11.1. The Balaban J connectivity index is 2.09. The van der Waals surface area contributed by atoms with Crippen LogP contribution in [-0.4, -0.2) is 4.57 Å². The van der Waals surface area contributed by atoms with Crippen LogP contribution in [0.1, 0.15) is 11.1 Å². The van der Waals surface area contributed by atoms with Crippen molar-refractivity contribution in [3.05, 3.63) is 69.0 Å².